The summed E-state index contributed by atoms with van der Waals surface area (Å²) in [6.45, 7) is 5.73. The Kier molecular flexibility index (Phi) is 12.6. The molecule has 2 aromatic heterocycles. The third-order valence-electron chi connectivity index (χ3n) is 6.30. The van der Waals surface area contributed by atoms with Crippen LogP contribution < -0.4 is 20.7 Å². The number of benzene rings is 2. The molecular weight excluding hydrogens is 642 g/mol. The van der Waals surface area contributed by atoms with Crippen LogP contribution in [-0.2, 0) is 16.1 Å². The molecule has 2 heterocycles. The van der Waals surface area contributed by atoms with Crippen molar-refractivity contribution in [3.63, 3.8) is 0 Å². The molecule has 1 atom stereocenters. The van der Waals surface area contributed by atoms with Crippen molar-refractivity contribution >= 4 is 52.8 Å². The fraction of sp³-hybridized carbons (Fsp3) is 0.265. The summed E-state index contributed by atoms with van der Waals surface area (Å²) in [5.74, 6) is -0.523. The van der Waals surface area contributed by atoms with E-state index >= 15 is 0 Å². The van der Waals surface area contributed by atoms with E-state index < -0.39 is 29.6 Å². The van der Waals surface area contributed by atoms with Gasteiger partial charge in [-0.2, -0.15) is 0 Å². The number of pyridine rings is 2. The molecular formula is C34H36ClN5O6S. The summed E-state index contributed by atoms with van der Waals surface area (Å²) in [5, 5.41) is 8.59. The van der Waals surface area contributed by atoms with Gasteiger partial charge in [-0.1, -0.05) is 41.9 Å². The minimum atomic E-state index is -0.664. The number of halogens is 1. The van der Waals surface area contributed by atoms with Gasteiger partial charge < -0.3 is 30.2 Å². The van der Waals surface area contributed by atoms with Crippen molar-refractivity contribution in [2.75, 3.05) is 30.0 Å². The van der Waals surface area contributed by atoms with Gasteiger partial charge in [-0.15, -0.1) is 11.8 Å². The zero-order valence-corrected chi connectivity index (χ0v) is 28.0. The van der Waals surface area contributed by atoms with Gasteiger partial charge in [0.15, 0.2) is 5.69 Å². The molecule has 0 fully saturated rings. The van der Waals surface area contributed by atoms with E-state index in [4.69, 9.17) is 25.8 Å². The van der Waals surface area contributed by atoms with Crippen LogP contribution in [0.3, 0.4) is 0 Å². The second-order valence-electron chi connectivity index (χ2n) is 11.1. The zero-order chi connectivity index (χ0) is 33.8. The minimum absolute atomic E-state index is 0.00931. The molecule has 0 spiro atoms. The molecule has 3 amide bonds. The molecule has 4 rings (SSSR count). The number of alkyl carbamates (subject to hydrolysis) is 1. The van der Waals surface area contributed by atoms with Gasteiger partial charge >= 0.3 is 6.09 Å². The molecule has 0 aliphatic rings. The lowest BCUT2D eigenvalue weighted by Gasteiger charge is -2.23. The molecule has 3 N–H and O–H groups in total. The first-order valence-electron chi connectivity index (χ1n) is 14.6. The number of nitrogens with zero attached hydrogens (tertiary/aromatic N) is 2. The van der Waals surface area contributed by atoms with Gasteiger partial charge in [-0.05, 0) is 75.1 Å². The highest BCUT2D eigenvalue weighted by atomic mass is 35.5. The predicted molar refractivity (Wildman–Crippen MR) is 182 cm³/mol. The van der Waals surface area contributed by atoms with E-state index in [2.05, 4.69) is 25.9 Å². The minimum Gasteiger partial charge on any atom is -0.490 e. The number of hydrogen-bond donors (Lipinski definition) is 3. The van der Waals surface area contributed by atoms with E-state index in [1.807, 2.05) is 36.6 Å². The summed E-state index contributed by atoms with van der Waals surface area (Å²) >= 11 is 7.38. The highest BCUT2D eigenvalue weighted by molar-refractivity contribution is 7.98. The van der Waals surface area contributed by atoms with E-state index in [0.29, 0.717) is 10.8 Å². The monoisotopic (exact) mass is 677 g/mol. The number of aromatic nitrogens is 2. The summed E-state index contributed by atoms with van der Waals surface area (Å²) in [6.07, 6.45) is 3.59. The Balaban J connectivity index is 1.50. The molecule has 0 aliphatic carbocycles. The van der Waals surface area contributed by atoms with E-state index in [9.17, 15) is 14.4 Å². The Bertz CT molecular complexity index is 1670. The van der Waals surface area contributed by atoms with Gasteiger partial charge in [-0.25, -0.2) is 14.8 Å². The van der Waals surface area contributed by atoms with Gasteiger partial charge in [0.25, 0.3) is 11.8 Å². The molecule has 246 valence electrons. The van der Waals surface area contributed by atoms with Crippen LogP contribution in [0, 0.1) is 0 Å². The molecule has 11 nitrogen and oxygen atoms in total. The Morgan fingerprint density at radius 1 is 0.936 bits per heavy atom. The third kappa shape index (κ3) is 11.3. The second-order valence-corrected chi connectivity index (χ2v) is 12.5. The van der Waals surface area contributed by atoms with Gasteiger partial charge in [0.1, 0.15) is 29.9 Å². The Morgan fingerprint density at radius 3 is 2.43 bits per heavy atom. The summed E-state index contributed by atoms with van der Waals surface area (Å²) < 4.78 is 17.7. The van der Waals surface area contributed by atoms with Crippen LogP contribution in [-0.4, -0.2) is 59.0 Å². The maximum atomic E-state index is 13.6. The molecule has 0 bridgehead atoms. The smallest absolute Gasteiger partial charge is 0.407 e. The van der Waals surface area contributed by atoms with Gasteiger partial charge in [-0.3, -0.25) is 9.59 Å². The van der Waals surface area contributed by atoms with Crippen LogP contribution in [0.4, 0.5) is 16.3 Å². The lowest BCUT2D eigenvalue weighted by Crippen LogP contribution is -2.40. The van der Waals surface area contributed by atoms with E-state index in [-0.39, 0.29) is 42.5 Å². The van der Waals surface area contributed by atoms with Crippen molar-refractivity contribution in [1.29, 1.82) is 0 Å². The maximum absolute atomic E-state index is 13.6. The molecule has 47 heavy (non-hydrogen) atoms. The molecule has 13 heteroatoms. The summed E-state index contributed by atoms with van der Waals surface area (Å²) in [7, 11) is 0. The lowest BCUT2D eigenvalue weighted by molar-refractivity contribution is 0.00524. The van der Waals surface area contributed by atoms with Crippen molar-refractivity contribution in [1.82, 2.24) is 15.3 Å². The molecule has 2 aromatic carbocycles. The molecule has 4 aromatic rings. The summed E-state index contributed by atoms with van der Waals surface area (Å²) in [6, 6.07) is 21.1. The standard InChI is InChI=1S/C34H36ClN5O6S/c1-34(2,3)46-33(43)38-19-24(44-20-22-9-6-5-7-10-22)21-45-28-17-25(47-4)13-14-26(28)31(41)39-27-11-8-16-36-30(27)32(42)40-29-15-12-23(35)18-37-29/h5-18,24H,19-21H2,1-4H3,(H,38,43)(H,39,41)(H,37,40,42)/t24-/m0/s1. The number of carbonyl (C=O) groups excluding carboxylic acids is 3. The van der Waals surface area contributed by atoms with Crippen molar-refractivity contribution in [3.05, 3.63) is 107 Å². The second kappa shape index (κ2) is 16.8. The van der Waals surface area contributed by atoms with Crippen LogP contribution in [0.15, 0.2) is 90.1 Å². The number of amides is 3. The molecule has 0 radical (unpaired) electrons. The molecule has 0 saturated heterocycles. The van der Waals surface area contributed by atoms with Crippen molar-refractivity contribution in [2.24, 2.45) is 0 Å². The average molecular weight is 678 g/mol. The van der Waals surface area contributed by atoms with E-state index in [1.165, 1.54) is 24.2 Å². The molecule has 0 aliphatic heterocycles. The Labute approximate surface area is 282 Å². The Hall–Kier alpha value is -4.65. The largest absolute Gasteiger partial charge is 0.490 e. The summed E-state index contributed by atoms with van der Waals surface area (Å²) in [5.41, 5.74) is 0.683. The van der Waals surface area contributed by atoms with Crippen molar-refractivity contribution in [2.45, 2.75) is 44.0 Å². The van der Waals surface area contributed by atoms with Gasteiger partial charge in [0.2, 0.25) is 0 Å². The number of ether oxygens (including phenoxy) is 3. The first kappa shape index (κ1) is 35.2. The number of thioether (sulfide) groups is 1. The summed E-state index contributed by atoms with van der Waals surface area (Å²) in [4.78, 5) is 48.1. The van der Waals surface area contributed by atoms with Crippen molar-refractivity contribution < 1.29 is 28.6 Å². The van der Waals surface area contributed by atoms with Crippen LogP contribution >= 0.6 is 23.4 Å². The lowest BCUT2D eigenvalue weighted by atomic mass is 10.1. The SMILES string of the molecule is CSc1ccc(C(=O)Nc2cccnc2C(=O)Nc2ccc(Cl)cn2)c(OC[C@H](CNC(=O)OC(C)(C)C)OCc2ccccc2)c1. The number of carbonyl (C=O) groups is 3. The number of anilines is 2. The first-order chi connectivity index (χ1) is 22.5. The zero-order valence-electron chi connectivity index (χ0n) is 26.4. The van der Waals surface area contributed by atoms with E-state index in [0.717, 1.165) is 10.5 Å². The average Bonchev–Trinajstić information content (AvgIpc) is 3.05. The highest BCUT2D eigenvalue weighted by Crippen LogP contribution is 2.27. The fourth-order valence-electron chi connectivity index (χ4n) is 4.09. The van der Waals surface area contributed by atoms with Crippen LogP contribution in [0.2, 0.25) is 5.02 Å². The molecule has 0 unspecified atom stereocenters. The predicted octanol–water partition coefficient (Wildman–Crippen LogP) is 6.85. The fourth-order valence-corrected chi connectivity index (χ4v) is 4.63. The first-order valence-corrected chi connectivity index (χ1v) is 16.2. The van der Waals surface area contributed by atoms with E-state index in [1.54, 1.807) is 63.2 Å². The van der Waals surface area contributed by atoms with Gasteiger partial charge in [0.05, 0.1) is 29.4 Å². The normalized spacial score (nSPS) is 11.7. The number of rotatable bonds is 13. The topological polar surface area (TPSA) is 141 Å². The van der Waals surface area contributed by atoms with Gasteiger partial charge in [0, 0.05) is 17.3 Å². The van der Waals surface area contributed by atoms with Crippen LogP contribution in [0.1, 0.15) is 47.2 Å². The number of hydrogen-bond acceptors (Lipinski definition) is 9. The maximum Gasteiger partial charge on any atom is 0.407 e. The third-order valence-corrected chi connectivity index (χ3v) is 7.25. The van der Waals surface area contributed by atoms with Crippen molar-refractivity contribution in [3.8, 4) is 5.75 Å². The number of nitrogens with one attached hydrogen (secondary N) is 3. The quantitative estimate of drug-likeness (QED) is 0.130. The van der Waals surface area contributed by atoms with Crippen LogP contribution in [0.25, 0.3) is 0 Å². The Morgan fingerprint density at radius 2 is 1.72 bits per heavy atom. The highest BCUT2D eigenvalue weighted by Gasteiger charge is 2.22. The molecule has 0 saturated carbocycles. The van der Waals surface area contributed by atoms with Crippen LogP contribution in [0.5, 0.6) is 5.75 Å².